The van der Waals surface area contributed by atoms with E-state index in [0.717, 1.165) is 33.8 Å². The van der Waals surface area contributed by atoms with Gasteiger partial charge in [0.1, 0.15) is 0 Å². The summed E-state index contributed by atoms with van der Waals surface area (Å²) in [4.78, 5) is 12.2. The van der Waals surface area contributed by atoms with Crippen LogP contribution in [0.25, 0.3) is 0 Å². The van der Waals surface area contributed by atoms with E-state index in [1.54, 1.807) is 0 Å². The summed E-state index contributed by atoms with van der Waals surface area (Å²) in [5.41, 5.74) is 2.12. The predicted octanol–water partition coefficient (Wildman–Crippen LogP) is 3.70. The summed E-state index contributed by atoms with van der Waals surface area (Å²) in [6.07, 6.45) is 1.32. The van der Waals surface area contributed by atoms with E-state index < -0.39 is 21.7 Å². The molecule has 0 saturated carbocycles. The first-order valence-electron chi connectivity index (χ1n) is 8.86. The fourth-order valence-corrected chi connectivity index (χ4v) is 3.72. The summed E-state index contributed by atoms with van der Waals surface area (Å²) in [6, 6.07) is 10.5. The lowest BCUT2D eigenvalue weighted by molar-refractivity contribution is -0.121. The molecule has 2 aromatic carbocycles. The Morgan fingerprint density at radius 2 is 1.75 bits per heavy atom. The van der Waals surface area contributed by atoms with Crippen molar-refractivity contribution in [2.45, 2.75) is 32.7 Å². The van der Waals surface area contributed by atoms with Crippen LogP contribution in [0.15, 0.2) is 42.5 Å². The highest BCUT2D eigenvalue weighted by Crippen LogP contribution is 2.21. The highest BCUT2D eigenvalue weighted by Gasteiger charge is 2.19. The zero-order chi connectivity index (χ0) is 20.9. The molecule has 0 fully saturated rings. The third kappa shape index (κ3) is 6.02. The Bertz CT molecular complexity index is 931. The summed E-state index contributed by atoms with van der Waals surface area (Å²) >= 11 is 0. The molecule has 0 heterocycles. The molecular formula is C20H24F2N2O3S. The number of carbonyl (C=O) groups excluding carboxylic acids is 1. The smallest absolute Gasteiger partial charge is 0.232 e. The fraction of sp³-hybridized carbons (Fsp3) is 0.350. The molecule has 1 amide bonds. The first-order chi connectivity index (χ1) is 13.1. The molecule has 0 bridgehead atoms. The molecule has 2 rings (SSSR count). The average molecular weight is 410 g/mol. The molecule has 28 heavy (non-hydrogen) atoms. The van der Waals surface area contributed by atoms with Gasteiger partial charge in [-0.2, -0.15) is 0 Å². The number of anilines is 1. The predicted molar refractivity (Wildman–Crippen MR) is 106 cm³/mol. The Hall–Kier alpha value is -2.48. The Kier molecular flexibility index (Phi) is 7.12. The number of halogens is 2. The SMILES string of the molecule is Cc1ccc([C@@H](C)NC(=O)CCCN(c2ccc(F)c(F)c2)S(C)(=O)=O)cc1. The molecule has 2 aromatic rings. The first-order valence-corrected chi connectivity index (χ1v) is 10.7. The van der Waals surface area contributed by atoms with E-state index in [2.05, 4.69) is 5.32 Å². The van der Waals surface area contributed by atoms with E-state index in [0.29, 0.717) is 0 Å². The number of hydrogen-bond donors (Lipinski definition) is 1. The molecular weight excluding hydrogens is 386 g/mol. The fourth-order valence-electron chi connectivity index (χ4n) is 2.76. The number of nitrogens with zero attached hydrogens (tertiary/aromatic N) is 1. The van der Waals surface area contributed by atoms with Gasteiger partial charge >= 0.3 is 0 Å². The summed E-state index contributed by atoms with van der Waals surface area (Å²) < 4.78 is 51.5. The lowest BCUT2D eigenvalue weighted by atomic mass is 10.1. The van der Waals surface area contributed by atoms with Gasteiger partial charge in [0.05, 0.1) is 18.0 Å². The van der Waals surface area contributed by atoms with Crippen LogP contribution in [-0.2, 0) is 14.8 Å². The van der Waals surface area contributed by atoms with Gasteiger partial charge in [0, 0.05) is 19.0 Å². The minimum Gasteiger partial charge on any atom is -0.350 e. The molecule has 0 spiro atoms. The van der Waals surface area contributed by atoms with E-state index in [-0.39, 0.29) is 37.0 Å². The van der Waals surface area contributed by atoms with Crippen LogP contribution in [0.4, 0.5) is 14.5 Å². The minimum absolute atomic E-state index is 0.0176. The summed E-state index contributed by atoms with van der Waals surface area (Å²) in [5, 5.41) is 2.87. The van der Waals surface area contributed by atoms with E-state index in [1.807, 2.05) is 38.1 Å². The molecule has 1 N–H and O–H groups in total. The molecule has 152 valence electrons. The van der Waals surface area contributed by atoms with Gasteiger partial charge in [0.15, 0.2) is 11.6 Å². The number of sulfonamides is 1. The molecule has 0 radical (unpaired) electrons. The van der Waals surface area contributed by atoms with Crippen LogP contribution < -0.4 is 9.62 Å². The van der Waals surface area contributed by atoms with Crippen molar-refractivity contribution in [3.05, 3.63) is 65.2 Å². The zero-order valence-corrected chi connectivity index (χ0v) is 16.9. The Labute approximate surface area is 164 Å². The van der Waals surface area contributed by atoms with Crippen molar-refractivity contribution in [2.24, 2.45) is 0 Å². The number of hydrogen-bond acceptors (Lipinski definition) is 3. The van der Waals surface area contributed by atoms with Crippen molar-refractivity contribution in [1.82, 2.24) is 5.32 Å². The molecule has 0 aromatic heterocycles. The van der Waals surface area contributed by atoms with Crippen molar-refractivity contribution in [3.63, 3.8) is 0 Å². The normalized spacial score (nSPS) is 12.5. The van der Waals surface area contributed by atoms with Crippen molar-refractivity contribution in [1.29, 1.82) is 0 Å². The standard InChI is InChI=1S/C20H24F2N2O3S/c1-14-6-8-16(9-7-14)15(2)23-20(25)5-4-12-24(28(3,26)27)17-10-11-18(21)19(22)13-17/h6-11,13,15H,4-5,12H2,1-3H3,(H,23,25)/t15-/m1/s1. The van der Waals surface area contributed by atoms with Gasteiger partial charge in [-0.15, -0.1) is 0 Å². The number of aryl methyl sites for hydroxylation is 1. The second-order valence-electron chi connectivity index (χ2n) is 6.74. The maximum Gasteiger partial charge on any atom is 0.232 e. The first kappa shape index (κ1) is 21.8. The lowest BCUT2D eigenvalue weighted by Gasteiger charge is -2.22. The molecule has 0 aliphatic heterocycles. The number of nitrogens with one attached hydrogen (secondary N) is 1. The van der Waals surface area contributed by atoms with Crippen LogP contribution in [0.2, 0.25) is 0 Å². The highest BCUT2D eigenvalue weighted by atomic mass is 32.2. The van der Waals surface area contributed by atoms with Crippen molar-refractivity contribution in [3.8, 4) is 0 Å². The van der Waals surface area contributed by atoms with Gasteiger partial charge in [-0.25, -0.2) is 17.2 Å². The third-order valence-corrected chi connectivity index (χ3v) is 5.51. The van der Waals surface area contributed by atoms with Gasteiger partial charge in [0.2, 0.25) is 15.9 Å². The van der Waals surface area contributed by atoms with E-state index in [1.165, 1.54) is 6.07 Å². The molecule has 0 unspecified atom stereocenters. The topological polar surface area (TPSA) is 66.5 Å². The third-order valence-electron chi connectivity index (χ3n) is 4.31. The number of amides is 1. The maximum atomic E-state index is 13.4. The quantitative estimate of drug-likeness (QED) is 0.722. The monoisotopic (exact) mass is 410 g/mol. The van der Waals surface area contributed by atoms with Gasteiger partial charge in [0.25, 0.3) is 0 Å². The van der Waals surface area contributed by atoms with Crippen molar-refractivity contribution >= 4 is 21.6 Å². The summed E-state index contributed by atoms with van der Waals surface area (Å²) in [7, 11) is -3.70. The average Bonchev–Trinajstić information content (AvgIpc) is 2.60. The van der Waals surface area contributed by atoms with Gasteiger partial charge in [-0.05, 0) is 38.0 Å². The lowest BCUT2D eigenvalue weighted by Crippen LogP contribution is -2.32. The van der Waals surface area contributed by atoms with Gasteiger partial charge in [-0.1, -0.05) is 29.8 Å². The number of benzene rings is 2. The molecule has 8 heteroatoms. The zero-order valence-electron chi connectivity index (χ0n) is 16.1. The highest BCUT2D eigenvalue weighted by molar-refractivity contribution is 7.92. The van der Waals surface area contributed by atoms with Crippen LogP contribution in [0.1, 0.15) is 36.9 Å². The minimum atomic E-state index is -3.70. The van der Waals surface area contributed by atoms with E-state index in [9.17, 15) is 22.0 Å². The second kappa shape index (κ2) is 9.14. The van der Waals surface area contributed by atoms with Crippen LogP contribution in [0.3, 0.4) is 0 Å². The van der Waals surface area contributed by atoms with Crippen LogP contribution in [0, 0.1) is 18.6 Å². The Morgan fingerprint density at radius 3 is 2.32 bits per heavy atom. The van der Waals surface area contributed by atoms with Crippen molar-refractivity contribution < 1.29 is 22.0 Å². The molecule has 0 saturated heterocycles. The van der Waals surface area contributed by atoms with Crippen molar-refractivity contribution in [2.75, 3.05) is 17.1 Å². The second-order valence-corrected chi connectivity index (χ2v) is 8.64. The molecule has 0 aliphatic rings. The van der Waals surface area contributed by atoms with Gasteiger partial charge < -0.3 is 5.32 Å². The van der Waals surface area contributed by atoms with E-state index in [4.69, 9.17) is 0 Å². The summed E-state index contributed by atoms with van der Waals surface area (Å²) in [5.74, 6) is -2.40. The number of carbonyl (C=O) groups is 1. The Morgan fingerprint density at radius 1 is 1.11 bits per heavy atom. The molecule has 1 atom stereocenters. The van der Waals surface area contributed by atoms with Gasteiger partial charge in [-0.3, -0.25) is 9.10 Å². The number of rotatable bonds is 8. The van der Waals surface area contributed by atoms with E-state index >= 15 is 0 Å². The maximum absolute atomic E-state index is 13.4. The molecule has 5 nitrogen and oxygen atoms in total. The van der Waals surface area contributed by atoms with Crippen LogP contribution in [0.5, 0.6) is 0 Å². The molecule has 0 aliphatic carbocycles. The van der Waals surface area contributed by atoms with Crippen LogP contribution in [-0.4, -0.2) is 27.1 Å². The largest absolute Gasteiger partial charge is 0.350 e. The Balaban J connectivity index is 1.95. The van der Waals surface area contributed by atoms with Crippen LogP contribution >= 0.6 is 0 Å². The summed E-state index contributed by atoms with van der Waals surface area (Å²) in [6.45, 7) is 3.83.